The van der Waals surface area contributed by atoms with E-state index in [9.17, 15) is 19.7 Å². The fourth-order valence-corrected chi connectivity index (χ4v) is 6.60. The number of amides is 1. The zero-order valence-electron chi connectivity index (χ0n) is 23.9. The third-order valence-electron chi connectivity index (χ3n) is 7.56. The van der Waals surface area contributed by atoms with E-state index in [2.05, 4.69) is 0 Å². The van der Waals surface area contributed by atoms with Gasteiger partial charge in [0, 0.05) is 47.3 Å². The van der Waals surface area contributed by atoms with E-state index in [1.807, 2.05) is 63.5 Å². The molecule has 0 fully saturated rings. The minimum Gasteiger partial charge on any atom is -0.339 e. The van der Waals surface area contributed by atoms with Gasteiger partial charge in [0.05, 0.1) is 26.8 Å². The standard InChI is InChI=1S/C31H30ClN5O4S/c1-6-34(7-2)30(39)27-19(4)33-31-36(28(27)21-8-10-23(32)11-9-21)29(38)26(42-31)17-22-16-18(3)35(20(22)5)24-12-14-25(15-13-24)37(40)41/h8-17,28H,6-7H2,1-5H3/b26-17+/t28-/m0/s1. The van der Waals surface area contributed by atoms with Crippen LogP contribution < -0.4 is 14.9 Å². The Morgan fingerprint density at radius 2 is 1.74 bits per heavy atom. The van der Waals surface area contributed by atoms with E-state index in [0.29, 0.717) is 38.7 Å². The van der Waals surface area contributed by atoms with Crippen molar-refractivity contribution >= 4 is 40.6 Å². The van der Waals surface area contributed by atoms with E-state index in [4.69, 9.17) is 16.6 Å². The number of thiazole rings is 1. The maximum atomic E-state index is 14.1. The second-order valence-corrected chi connectivity index (χ2v) is 11.5. The number of carbonyl (C=O) groups is 1. The fourth-order valence-electron chi connectivity index (χ4n) is 5.43. The molecular weight excluding hydrogens is 574 g/mol. The Kier molecular flexibility index (Phi) is 8.03. The number of aromatic nitrogens is 2. The van der Waals surface area contributed by atoms with Crippen molar-refractivity contribution in [2.45, 2.75) is 40.7 Å². The topological polar surface area (TPSA) is 103 Å². The quantitative estimate of drug-likeness (QED) is 0.217. The van der Waals surface area contributed by atoms with E-state index in [1.54, 1.807) is 33.7 Å². The third kappa shape index (κ3) is 5.12. The second-order valence-electron chi connectivity index (χ2n) is 10.0. The lowest BCUT2D eigenvalue weighted by molar-refractivity contribution is -0.384. The molecule has 3 heterocycles. The molecule has 1 amide bonds. The first-order chi connectivity index (χ1) is 20.0. The number of likely N-dealkylation sites (N-methyl/N-ethyl adjacent to an activating group) is 1. The predicted octanol–water partition coefficient (Wildman–Crippen LogP) is 5.07. The molecule has 0 spiro atoms. The predicted molar refractivity (Wildman–Crippen MR) is 165 cm³/mol. The summed E-state index contributed by atoms with van der Waals surface area (Å²) < 4.78 is 4.09. The van der Waals surface area contributed by atoms with Gasteiger partial charge in [0.25, 0.3) is 17.2 Å². The van der Waals surface area contributed by atoms with Crippen molar-refractivity contribution in [1.82, 2.24) is 14.0 Å². The molecule has 42 heavy (non-hydrogen) atoms. The first kappa shape index (κ1) is 29.2. The Morgan fingerprint density at radius 1 is 1.10 bits per heavy atom. The Bertz CT molecular complexity index is 1910. The Morgan fingerprint density at radius 3 is 2.33 bits per heavy atom. The summed E-state index contributed by atoms with van der Waals surface area (Å²) in [7, 11) is 0. The van der Waals surface area contributed by atoms with Crippen LogP contribution in [-0.4, -0.2) is 38.0 Å². The molecule has 0 radical (unpaired) electrons. The summed E-state index contributed by atoms with van der Waals surface area (Å²) in [6.45, 7) is 10.6. The molecule has 5 rings (SSSR count). The van der Waals surface area contributed by atoms with Gasteiger partial charge in [-0.2, -0.15) is 0 Å². The largest absolute Gasteiger partial charge is 0.339 e. The van der Waals surface area contributed by atoms with E-state index >= 15 is 0 Å². The van der Waals surface area contributed by atoms with Gasteiger partial charge in [-0.05, 0) is 82.2 Å². The van der Waals surface area contributed by atoms with Crippen LogP contribution in [0.1, 0.15) is 49.3 Å². The molecule has 2 aromatic heterocycles. The molecule has 0 saturated heterocycles. The van der Waals surface area contributed by atoms with Crippen LogP contribution in [0.3, 0.4) is 0 Å². The molecule has 0 aliphatic carbocycles. The van der Waals surface area contributed by atoms with Gasteiger partial charge in [0.15, 0.2) is 4.80 Å². The molecule has 1 aliphatic rings. The van der Waals surface area contributed by atoms with Crippen molar-refractivity contribution in [1.29, 1.82) is 0 Å². The normalized spacial score (nSPS) is 15.0. The van der Waals surface area contributed by atoms with Crippen LogP contribution >= 0.6 is 22.9 Å². The molecule has 1 atom stereocenters. The molecule has 4 aromatic rings. The van der Waals surface area contributed by atoms with Crippen molar-refractivity contribution < 1.29 is 9.72 Å². The van der Waals surface area contributed by atoms with E-state index < -0.39 is 11.0 Å². The number of halogens is 1. The summed E-state index contributed by atoms with van der Waals surface area (Å²) in [5.74, 6) is -0.151. The highest BCUT2D eigenvalue weighted by Crippen LogP contribution is 2.32. The van der Waals surface area contributed by atoms with Crippen LogP contribution in [0.25, 0.3) is 11.8 Å². The van der Waals surface area contributed by atoms with Crippen molar-refractivity contribution in [3.05, 3.63) is 123 Å². The van der Waals surface area contributed by atoms with E-state index in [1.165, 1.54) is 23.5 Å². The van der Waals surface area contributed by atoms with Crippen molar-refractivity contribution in [3.63, 3.8) is 0 Å². The zero-order valence-corrected chi connectivity index (χ0v) is 25.5. The molecule has 0 N–H and O–H groups in total. The van der Waals surface area contributed by atoms with Gasteiger partial charge < -0.3 is 9.47 Å². The van der Waals surface area contributed by atoms with Crippen LogP contribution in [-0.2, 0) is 4.79 Å². The van der Waals surface area contributed by atoms with Gasteiger partial charge in [0.1, 0.15) is 0 Å². The summed E-state index contributed by atoms with van der Waals surface area (Å²) >= 11 is 7.47. The number of fused-ring (bicyclic) bond motifs is 1. The highest BCUT2D eigenvalue weighted by atomic mass is 35.5. The number of hydrogen-bond donors (Lipinski definition) is 0. The first-order valence-electron chi connectivity index (χ1n) is 13.6. The maximum Gasteiger partial charge on any atom is 0.271 e. The number of nitro groups is 1. The number of hydrogen-bond acceptors (Lipinski definition) is 6. The molecule has 0 bridgehead atoms. The third-order valence-corrected chi connectivity index (χ3v) is 8.80. The lowest BCUT2D eigenvalue weighted by Gasteiger charge is -2.29. The van der Waals surface area contributed by atoms with Gasteiger partial charge in [-0.1, -0.05) is 35.1 Å². The van der Waals surface area contributed by atoms with E-state index in [0.717, 1.165) is 28.2 Å². The van der Waals surface area contributed by atoms with Crippen molar-refractivity contribution in [2.24, 2.45) is 4.99 Å². The molecule has 9 nitrogen and oxygen atoms in total. The molecule has 1 aliphatic heterocycles. The monoisotopic (exact) mass is 603 g/mol. The highest BCUT2D eigenvalue weighted by Gasteiger charge is 2.34. The number of carbonyl (C=O) groups excluding carboxylic acids is 1. The van der Waals surface area contributed by atoms with Gasteiger partial charge in [-0.25, -0.2) is 4.99 Å². The highest BCUT2D eigenvalue weighted by molar-refractivity contribution is 7.07. The van der Waals surface area contributed by atoms with Crippen molar-refractivity contribution in [3.8, 4) is 5.69 Å². The molecule has 0 saturated carbocycles. The summed E-state index contributed by atoms with van der Waals surface area (Å²) in [5, 5.41) is 11.7. The molecule has 216 valence electrons. The van der Waals surface area contributed by atoms with Crippen LogP contribution in [0.2, 0.25) is 5.02 Å². The Hall–Kier alpha value is -4.28. The van der Waals surface area contributed by atoms with E-state index in [-0.39, 0.29) is 17.2 Å². The van der Waals surface area contributed by atoms with Gasteiger partial charge in [-0.3, -0.25) is 24.3 Å². The van der Waals surface area contributed by atoms with Crippen LogP contribution in [0.4, 0.5) is 5.69 Å². The SMILES string of the molecule is CCN(CC)C(=O)C1=C(C)N=c2s/c(=C/c3cc(C)n(-c4ccc([N+](=O)[O-])cc4)c3C)c(=O)n2[C@H]1c1ccc(Cl)cc1. The lowest BCUT2D eigenvalue weighted by atomic mass is 9.94. The summed E-state index contributed by atoms with van der Waals surface area (Å²) in [5.41, 5.74) is 5.03. The number of rotatable bonds is 7. The summed E-state index contributed by atoms with van der Waals surface area (Å²) in [6.07, 6.45) is 1.85. The van der Waals surface area contributed by atoms with Gasteiger partial charge in [0.2, 0.25) is 0 Å². The average molecular weight is 604 g/mol. The maximum absolute atomic E-state index is 14.1. The Balaban J connectivity index is 1.66. The van der Waals surface area contributed by atoms with Gasteiger partial charge >= 0.3 is 0 Å². The fraction of sp³-hybridized carbons (Fsp3) is 0.258. The lowest BCUT2D eigenvalue weighted by Crippen LogP contribution is -2.43. The zero-order chi connectivity index (χ0) is 30.3. The summed E-state index contributed by atoms with van der Waals surface area (Å²) in [4.78, 5) is 45.5. The van der Waals surface area contributed by atoms with Crippen LogP contribution in [0.5, 0.6) is 0 Å². The second kappa shape index (κ2) is 11.5. The number of aryl methyl sites for hydroxylation is 1. The minimum atomic E-state index is -0.652. The average Bonchev–Trinajstić information content (AvgIpc) is 3.42. The number of nitrogens with zero attached hydrogens (tertiary/aromatic N) is 5. The summed E-state index contributed by atoms with van der Waals surface area (Å²) in [6, 6.07) is 14.9. The minimum absolute atomic E-state index is 0.0203. The molecular formula is C31H30ClN5O4S. The Labute approximate surface area is 251 Å². The number of nitro benzene ring substituents is 1. The van der Waals surface area contributed by atoms with Gasteiger partial charge in [-0.15, -0.1) is 0 Å². The molecule has 11 heteroatoms. The molecule has 0 unspecified atom stereocenters. The number of allylic oxidation sites excluding steroid dienone is 1. The number of benzene rings is 2. The van der Waals surface area contributed by atoms with Crippen LogP contribution in [0.15, 0.2) is 75.7 Å². The van der Waals surface area contributed by atoms with Crippen molar-refractivity contribution in [2.75, 3.05) is 13.1 Å². The first-order valence-corrected chi connectivity index (χ1v) is 14.8. The smallest absolute Gasteiger partial charge is 0.271 e. The van der Waals surface area contributed by atoms with Crippen LogP contribution in [0, 0.1) is 24.0 Å². The number of non-ortho nitro benzene ring substituents is 1. The molecule has 2 aromatic carbocycles.